The Morgan fingerprint density at radius 3 is 3.05 bits per heavy atom. The number of aliphatic hydroxyl groups is 1. The maximum absolute atomic E-state index is 11.5. The molecule has 0 radical (unpaired) electrons. The van der Waals surface area contributed by atoms with E-state index in [4.69, 9.17) is 0 Å². The highest BCUT2D eigenvalue weighted by molar-refractivity contribution is 7.15. The predicted octanol–water partition coefficient (Wildman–Crippen LogP) is 0.706. The maximum Gasteiger partial charge on any atom is 0.224 e. The van der Waals surface area contributed by atoms with E-state index in [0.717, 1.165) is 16.5 Å². The molecule has 104 valence electrons. The monoisotopic (exact) mass is 282 g/mol. The molecule has 1 amide bonds. The fourth-order valence-electron chi connectivity index (χ4n) is 2.10. The van der Waals surface area contributed by atoms with E-state index in [0.29, 0.717) is 6.54 Å². The zero-order valence-corrected chi connectivity index (χ0v) is 12.1. The molecule has 0 saturated heterocycles. The Morgan fingerprint density at radius 2 is 2.42 bits per heavy atom. The van der Waals surface area contributed by atoms with Gasteiger partial charge in [0.2, 0.25) is 5.91 Å². The summed E-state index contributed by atoms with van der Waals surface area (Å²) < 4.78 is 1.88. The molecule has 2 heterocycles. The molecule has 0 aliphatic carbocycles. The summed E-state index contributed by atoms with van der Waals surface area (Å²) in [5, 5.41) is 14.1. The van der Waals surface area contributed by atoms with Gasteiger partial charge in [-0.05, 0) is 0 Å². The number of aromatic nitrogens is 2. The van der Waals surface area contributed by atoms with Crippen LogP contribution >= 0.6 is 11.3 Å². The number of thiazole rings is 1. The van der Waals surface area contributed by atoms with Crippen LogP contribution in [-0.2, 0) is 11.4 Å². The van der Waals surface area contributed by atoms with Crippen LogP contribution in [-0.4, -0.2) is 41.0 Å². The molecule has 0 aliphatic rings. The van der Waals surface area contributed by atoms with Crippen molar-refractivity contribution in [2.75, 3.05) is 25.5 Å². The number of nitrogens with zero attached hydrogens (tertiary/aromatic N) is 3. The van der Waals surface area contributed by atoms with Gasteiger partial charge in [-0.25, -0.2) is 4.98 Å². The molecule has 7 heteroatoms. The van der Waals surface area contributed by atoms with Gasteiger partial charge >= 0.3 is 0 Å². The van der Waals surface area contributed by atoms with Crippen LogP contribution in [0.15, 0.2) is 11.6 Å². The van der Waals surface area contributed by atoms with Crippen molar-refractivity contribution in [2.24, 2.45) is 5.92 Å². The van der Waals surface area contributed by atoms with Crippen molar-refractivity contribution in [1.29, 1.82) is 0 Å². The number of rotatable bonds is 5. The quantitative estimate of drug-likeness (QED) is 0.847. The Morgan fingerprint density at radius 1 is 1.68 bits per heavy atom. The number of amides is 1. The van der Waals surface area contributed by atoms with Crippen molar-refractivity contribution < 1.29 is 9.90 Å². The number of imidazole rings is 1. The van der Waals surface area contributed by atoms with Gasteiger partial charge in [-0.1, -0.05) is 6.92 Å². The number of aliphatic hydroxyl groups excluding tert-OH is 1. The molecule has 2 N–H and O–H groups in total. The summed E-state index contributed by atoms with van der Waals surface area (Å²) in [5.74, 6) is 0.588. The molecule has 2 aromatic rings. The second-order valence-electron chi connectivity index (χ2n) is 4.49. The summed E-state index contributed by atoms with van der Waals surface area (Å²) >= 11 is 1.52. The Bertz CT molecular complexity index is 577. The van der Waals surface area contributed by atoms with E-state index in [2.05, 4.69) is 10.3 Å². The van der Waals surface area contributed by atoms with E-state index in [1.807, 2.05) is 34.8 Å². The van der Waals surface area contributed by atoms with E-state index < -0.39 is 0 Å². The van der Waals surface area contributed by atoms with Crippen LogP contribution in [0.3, 0.4) is 0 Å². The summed E-state index contributed by atoms with van der Waals surface area (Å²) in [7, 11) is 3.51. The second kappa shape index (κ2) is 5.58. The number of hydrogen-bond donors (Lipinski definition) is 2. The summed E-state index contributed by atoms with van der Waals surface area (Å²) in [6, 6.07) is 0. The van der Waals surface area contributed by atoms with Gasteiger partial charge in [-0.3, -0.25) is 9.20 Å². The average Bonchev–Trinajstić information content (AvgIpc) is 2.97. The van der Waals surface area contributed by atoms with Gasteiger partial charge in [0.25, 0.3) is 0 Å². The summed E-state index contributed by atoms with van der Waals surface area (Å²) in [6.07, 6.45) is 1.89. The molecule has 0 spiro atoms. The lowest BCUT2D eigenvalue weighted by molar-refractivity contribution is -0.123. The summed E-state index contributed by atoms with van der Waals surface area (Å²) in [6.45, 7) is 2.34. The number of fused-ring (bicyclic) bond motifs is 1. The van der Waals surface area contributed by atoms with Crippen molar-refractivity contribution in [1.82, 2.24) is 14.7 Å². The van der Waals surface area contributed by atoms with Crippen LogP contribution < -0.4 is 10.2 Å². The van der Waals surface area contributed by atoms with Crippen LogP contribution in [0.2, 0.25) is 0 Å². The van der Waals surface area contributed by atoms with Crippen molar-refractivity contribution in [2.45, 2.75) is 13.5 Å². The van der Waals surface area contributed by atoms with E-state index >= 15 is 0 Å². The molecule has 0 bridgehead atoms. The lowest BCUT2D eigenvalue weighted by atomic mass is 10.1. The van der Waals surface area contributed by atoms with E-state index in [9.17, 15) is 9.90 Å². The first-order valence-electron chi connectivity index (χ1n) is 6.06. The Balaban J connectivity index is 2.23. The largest absolute Gasteiger partial charge is 0.390 e. The maximum atomic E-state index is 11.5. The third-order valence-electron chi connectivity index (χ3n) is 3.09. The van der Waals surface area contributed by atoms with E-state index in [1.54, 1.807) is 7.05 Å². The third kappa shape index (κ3) is 2.57. The van der Waals surface area contributed by atoms with Gasteiger partial charge in [0.05, 0.1) is 18.2 Å². The van der Waals surface area contributed by atoms with Gasteiger partial charge in [0.15, 0.2) is 10.8 Å². The molecule has 6 nitrogen and oxygen atoms in total. The zero-order valence-electron chi connectivity index (χ0n) is 11.3. The molecule has 2 rings (SSSR count). The summed E-state index contributed by atoms with van der Waals surface area (Å²) in [5.41, 5.74) is 0.753. The molecule has 2 aromatic heterocycles. The molecular weight excluding hydrogens is 264 g/mol. The first kappa shape index (κ1) is 13.8. The third-order valence-corrected chi connectivity index (χ3v) is 3.85. The molecule has 0 fully saturated rings. The normalized spacial score (nSPS) is 12.6. The van der Waals surface area contributed by atoms with Crippen molar-refractivity contribution in [3.05, 3.63) is 17.3 Å². The highest BCUT2D eigenvalue weighted by Crippen LogP contribution is 2.24. The molecule has 1 unspecified atom stereocenters. The van der Waals surface area contributed by atoms with Crippen LogP contribution in [0.5, 0.6) is 0 Å². The molecule has 1 atom stereocenters. The SMILES string of the molecule is CNC(=O)C(C)CN(C)c1nc2sccn2c1CO. The van der Waals surface area contributed by atoms with Crippen LogP contribution in [0, 0.1) is 5.92 Å². The second-order valence-corrected chi connectivity index (χ2v) is 5.36. The van der Waals surface area contributed by atoms with Gasteiger partial charge in [0.1, 0.15) is 0 Å². The van der Waals surface area contributed by atoms with Gasteiger partial charge in [-0.15, -0.1) is 11.3 Å². The first-order valence-corrected chi connectivity index (χ1v) is 6.94. The zero-order chi connectivity index (χ0) is 14.0. The predicted molar refractivity (Wildman–Crippen MR) is 75.5 cm³/mol. The highest BCUT2D eigenvalue weighted by atomic mass is 32.1. The topological polar surface area (TPSA) is 69.9 Å². The molecule has 0 aliphatic heterocycles. The summed E-state index contributed by atoms with van der Waals surface area (Å²) in [4.78, 5) is 18.8. The van der Waals surface area contributed by atoms with Gasteiger partial charge < -0.3 is 15.3 Å². The van der Waals surface area contributed by atoms with E-state index in [1.165, 1.54) is 11.3 Å². The highest BCUT2D eigenvalue weighted by Gasteiger charge is 2.19. The van der Waals surface area contributed by atoms with Crippen LogP contribution in [0.25, 0.3) is 4.96 Å². The Hall–Kier alpha value is -1.60. The molecule has 0 aromatic carbocycles. The number of carbonyl (C=O) groups excluding carboxylic acids is 1. The van der Waals surface area contributed by atoms with Crippen LogP contribution in [0.4, 0.5) is 5.82 Å². The van der Waals surface area contributed by atoms with Gasteiger partial charge in [0, 0.05) is 32.2 Å². The lowest BCUT2D eigenvalue weighted by Gasteiger charge is -2.21. The van der Waals surface area contributed by atoms with Crippen molar-refractivity contribution >= 4 is 28.0 Å². The molecular formula is C12H18N4O2S. The first-order chi connectivity index (χ1) is 9.08. The molecule has 0 saturated carbocycles. The molecule has 19 heavy (non-hydrogen) atoms. The fraction of sp³-hybridized carbons (Fsp3) is 0.500. The average molecular weight is 282 g/mol. The number of carbonyl (C=O) groups is 1. The lowest BCUT2D eigenvalue weighted by Crippen LogP contribution is -2.34. The number of nitrogens with one attached hydrogen (secondary N) is 1. The minimum atomic E-state index is -0.138. The van der Waals surface area contributed by atoms with Crippen LogP contribution in [0.1, 0.15) is 12.6 Å². The van der Waals surface area contributed by atoms with Crippen molar-refractivity contribution in [3.8, 4) is 0 Å². The standard InChI is InChI=1S/C12H18N4O2S/c1-8(11(18)13-2)6-15(3)10-9(7-17)16-4-5-19-12(16)14-10/h4-5,8,17H,6-7H2,1-3H3,(H,13,18). The number of anilines is 1. The number of hydrogen-bond acceptors (Lipinski definition) is 5. The Kier molecular flexibility index (Phi) is 4.06. The minimum absolute atomic E-state index is 0.00146. The smallest absolute Gasteiger partial charge is 0.224 e. The van der Waals surface area contributed by atoms with Crippen molar-refractivity contribution in [3.63, 3.8) is 0 Å². The fourth-order valence-corrected chi connectivity index (χ4v) is 2.83. The van der Waals surface area contributed by atoms with Gasteiger partial charge in [-0.2, -0.15) is 0 Å². The van der Waals surface area contributed by atoms with E-state index in [-0.39, 0.29) is 18.4 Å². The Labute approximate surface area is 115 Å². The minimum Gasteiger partial charge on any atom is -0.390 e.